The third-order valence-corrected chi connectivity index (χ3v) is 5.16. The standard InChI is InChI=1S/C13H16N2O4S/c1-19-13-6-5-11(9-12(13)14-10-16)20(17,18)15-7-3-2-4-8-15/h5-6,9H,2-4,7-8H2,1H3. The third kappa shape index (κ3) is 2.90. The molecule has 108 valence electrons. The van der Waals surface area contributed by atoms with E-state index in [2.05, 4.69) is 4.99 Å². The Kier molecular flexibility index (Phi) is 4.54. The molecule has 0 amide bonds. The van der Waals surface area contributed by atoms with Gasteiger partial charge in [0.2, 0.25) is 16.1 Å². The zero-order chi connectivity index (χ0) is 14.6. The van der Waals surface area contributed by atoms with E-state index in [1.807, 2.05) is 0 Å². The summed E-state index contributed by atoms with van der Waals surface area (Å²) in [5.74, 6) is 0.339. The highest BCUT2D eigenvalue weighted by molar-refractivity contribution is 7.89. The van der Waals surface area contributed by atoms with Crippen molar-refractivity contribution in [1.29, 1.82) is 0 Å². The maximum absolute atomic E-state index is 12.5. The van der Waals surface area contributed by atoms with Crippen LogP contribution in [0.1, 0.15) is 19.3 Å². The van der Waals surface area contributed by atoms with Crippen LogP contribution in [0.4, 0.5) is 5.69 Å². The fraction of sp³-hybridized carbons (Fsp3) is 0.462. The van der Waals surface area contributed by atoms with Crippen LogP contribution in [0, 0.1) is 0 Å². The topological polar surface area (TPSA) is 76.0 Å². The summed E-state index contributed by atoms with van der Waals surface area (Å²) in [5, 5.41) is 0. The van der Waals surface area contributed by atoms with Gasteiger partial charge in [0.05, 0.1) is 12.0 Å². The van der Waals surface area contributed by atoms with Crippen molar-refractivity contribution in [2.45, 2.75) is 24.2 Å². The number of carbonyl (C=O) groups excluding carboxylic acids is 1. The minimum atomic E-state index is -3.54. The van der Waals surface area contributed by atoms with E-state index in [9.17, 15) is 13.2 Å². The quantitative estimate of drug-likeness (QED) is 0.627. The Morgan fingerprint density at radius 2 is 1.95 bits per heavy atom. The highest BCUT2D eigenvalue weighted by Crippen LogP contribution is 2.31. The summed E-state index contributed by atoms with van der Waals surface area (Å²) in [6.45, 7) is 1.06. The molecule has 1 saturated heterocycles. The molecule has 0 saturated carbocycles. The van der Waals surface area contributed by atoms with Crippen molar-refractivity contribution in [3.05, 3.63) is 18.2 Å². The van der Waals surface area contributed by atoms with Gasteiger partial charge < -0.3 is 4.74 Å². The minimum Gasteiger partial charge on any atom is -0.494 e. The molecule has 0 aliphatic carbocycles. The van der Waals surface area contributed by atoms with Gasteiger partial charge in [-0.2, -0.15) is 9.30 Å². The van der Waals surface area contributed by atoms with Crippen LogP contribution in [-0.4, -0.2) is 39.0 Å². The first-order valence-electron chi connectivity index (χ1n) is 6.35. The van der Waals surface area contributed by atoms with Gasteiger partial charge in [0.25, 0.3) is 0 Å². The minimum absolute atomic E-state index is 0.120. The van der Waals surface area contributed by atoms with Crippen molar-refractivity contribution in [2.24, 2.45) is 4.99 Å². The number of hydrogen-bond donors (Lipinski definition) is 0. The van der Waals surface area contributed by atoms with Gasteiger partial charge in [-0.15, -0.1) is 0 Å². The largest absolute Gasteiger partial charge is 0.494 e. The fourth-order valence-electron chi connectivity index (χ4n) is 2.22. The van der Waals surface area contributed by atoms with E-state index >= 15 is 0 Å². The second kappa shape index (κ2) is 6.17. The molecule has 0 unspecified atom stereocenters. The summed E-state index contributed by atoms with van der Waals surface area (Å²) in [6.07, 6.45) is 4.19. The first kappa shape index (κ1) is 14.7. The lowest BCUT2D eigenvalue weighted by Gasteiger charge is -2.26. The van der Waals surface area contributed by atoms with Crippen molar-refractivity contribution in [1.82, 2.24) is 4.31 Å². The molecular formula is C13H16N2O4S. The predicted octanol–water partition coefficient (Wildman–Crippen LogP) is 1.84. The third-order valence-electron chi connectivity index (χ3n) is 3.27. The Morgan fingerprint density at radius 1 is 1.25 bits per heavy atom. The summed E-state index contributed by atoms with van der Waals surface area (Å²) in [7, 11) is -2.11. The Bertz CT molecular complexity index is 630. The van der Waals surface area contributed by atoms with E-state index < -0.39 is 10.0 Å². The van der Waals surface area contributed by atoms with Gasteiger partial charge in [0.1, 0.15) is 11.4 Å². The number of benzene rings is 1. The number of piperidine rings is 1. The van der Waals surface area contributed by atoms with E-state index in [4.69, 9.17) is 4.74 Å². The molecule has 7 heteroatoms. The van der Waals surface area contributed by atoms with Gasteiger partial charge in [-0.1, -0.05) is 6.42 Å². The zero-order valence-corrected chi connectivity index (χ0v) is 12.0. The molecule has 20 heavy (non-hydrogen) atoms. The molecule has 1 aliphatic rings. The van der Waals surface area contributed by atoms with Crippen molar-refractivity contribution in [3.63, 3.8) is 0 Å². The maximum atomic E-state index is 12.5. The van der Waals surface area contributed by atoms with E-state index in [1.165, 1.54) is 35.7 Å². The average molecular weight is 296 g/mol. The number of rotatable bonds is 4. The monoisotopic (exact) mass is 296 g/mol. The summed E-state index contributed by atoms with van der Waals surface area (Å²) < 4.78 is 31.5. The lowest BCUT2D eigenvalue weighted by molar-refractivity contribution is 0.346. The molecule has 0 aromatic heterocycles. The molecule has 1 aliphatic heterocycles. The molecule has 0 radical (unpaired) electrons. The summed E-state index contributed by atoms with van der Waals surface area (Å²) >= 11 is 0. The molecule has 1 fully saturated rings. The summed E-state index contributed by atoms with van der Waals surface area (Å²) in [6, 6.07) is 4.30. The molecule has 0 N–H and O–H groups in total. The van der Waals surface area contributed by atoms with Gasteiger partial charge in [-0.3, -0.25) is 0 Å². The van der Waals surface area contributed by atoms with Gasteiger partial charge >= 0.3 is 0 Å². The van der Waals surface area contributed by atoms with Crippen LogP contribution >= 0.6 is 0 Å². The molecular weight excluding hydrogens is 280 g/mol. The Balaban J connectivity index is 2.41. The molecule has 1 aromatic rings. The van der Waals surface area contributed by atoms with Crippen molar-refractivity contribution in [3.8, 4) is 5.75 Å². The highest BCUT2D eigenvalue weighted by atomic mass is 32.2. The van der Waals surface area contributed by atoms with Crippen LogP contribution in [0.15, 0.2) is 28.1 Å². The summed E-state index contributed by atoms with van der Waals surface area (Å²) in [4.78, 5) is 14.0. The molecule has 1 aromatic carbocycles. The Labute approximate surface area is 118 Å². The molecule has 0 atom stereocenters. The lowest BCUT2D eigenvalue weighted by atomic mass is 10.2. The average Bonchev–Trinajstić information content (AvgIpc) is 2.48. The SMILES string of the molecule is COc1ccc(S(=O)(=O)N2CCCCC2)cc1N=C=O. The van der Waals surface area contributed by atoms with Crippen LogP contribution < -0.4 is 4.74 Å². The number of nitrogens with zero attached hydrogens (tertiary/aromatic N) is 2. The Hall–Kier alpha value is -1.69. The number of hydrogen-bond acceptors (Lipinski definition) is 5. The van der Waals surface area contributed by atoms with E-state index in [-0.39, 0.29) is 10.6 Å². The predicted molar refractivity (Wildman–Crippen MR) is 73.4 cm³/mol. The molecule has 2 rings (SSSR count). The van der Waals surface area contributed by atoms with Crippen LogP contribution in [0.5, 0.6) is 5.75 Å². The van der Waals surface area contributed by atoms with E-state index in [0.29, 0.717) is 18.8 Å². The van der Waals surface area contributed by atoms with Crippen molar-refractivity contribution >= 4 is 21.8 Å². The fourth-order valence-corrected chi connectivity index (χ4v) is 3.76. The van der Waals surface area contributed by atoms with Gasteiger partial charge in [-0.25, -0.2) is 13.2 Å². The highest BCUT2D eigenvalue weighted by Gasteiger charge is 2.26. The Morgan fingerprint density at radius 3 is 2.55 bits per heavy atom. The zero-order valence-electron chi connectivity index (χ0n) is 11.2. The summed E-state index contributed by atoms with van der Waals surface area (Å²) in [5.41, 5.74) is 0.167. The van der Waals surface area contributed by atoms with Crippen LogP contribution in [-0.2, 0) is 14.8 Å². The van der Waals surface area contributed by atoms with Crippen molar-refractivity contribution < 1.29 is 17.9 Å². The second-order valence-electron chi connectivity index (χ2n) is 4.50. The molecule has 0 bridgehead atoms. The molecule has 6 nitrogen and oxygen atoms in total. The smallest absolute Gasteiger partial charge is 0.243 e. The number of sulfonamides is 1. The first-order valence-corrected chi connectivity index (χ1v) is 7.79. The van der Waals surface area contributed by atoms with Gasteiger partial charge in [0, 0.05) is 13.1 Å². The molecule has 1 heterocycles. The van der Waals surface area contributed by atoms with Crippen molar-refractivity contribution in [2.75, 3.05) is 20.2 Å². The number of methoxy groups -OCH3 is 1. The number of aliphatic imine (C=N–C) groups is 1. The second-order valence-corrected chi connectivity index (χ2v) is 6.44. The number of ether oxygens (including phenoxy) is 1. The normalized spacial score (nSPS) is 16.4. The van der Waals surface area contributed by atoms with E-state index in [1.54, 1.807) is 0 Å². The van der Waals surface area contributed by atoms with Crippen LogP contribution in [0.3, 0.4) is 0 Å². The molecule has 0 spiro atoms. The van der Waals surface area contributed by atoms with E-state index in [0.717, 1.165) is 19.3 Å². The number of isocyanates is 1. The van der Waals surface area contributed by atoms with Gasteiger partial charge in [-0.05, 0) is 31.0 Å². The maximum Gasteiger partial charge on any atom is 0.243 e. The first-order chi connectivity index (χ1) is 9.59. The van der Waals surface area contributed by atoms with Gasteiger partial charge in [0.15, 0.2) is 0 Å². The van der Waals surface area contributed by atoms with Crippen LogP contribution in [0.25, 0.3) is 0 Å². The lowest BCUT2D eigenvalue weighted by Crippen LogP contribution is -2.35. The van der Waals surface area contributed by atoms with Crippen LogP contribution in [0.2, 0.25) is 0 Å².